The molecule has 3 aromatic rings. The Labute approximate surface area is 169 Å². The van der Waals surface area contributed by atoms with Crippen LogP contribution in [0.1, 0.15) is 16.8 Å². The number of rotatable bonds is 5. The van der Waals surface area contributed by atoms with Crippen LogP contribution >= 0.6 is 0 Å². The Balaban J connectivity index is 1.66. The number of fused-ring (bicyclic) bond motifs is 1. The van der Waals surface area contributed by atoms with E-state index in [-0.39, 0.29) is 11.1 Å². The normalized spacial score (nSPS) is 16.4. The topological polar surface area (TPSA) is 109 Å². The fraction of sp³-hybridized carbons (Fsp3) is 0.316. The molecular formula is C19H21N7O2S. The van der Waals surface area contributed by atoms with Crippen molar-refractivity contribution < 1.29 is 8.42 Å². The zero-order valence-corrected chi connectivity index (χ0v) is 17.0. The number of imidazole rings is 2. The highest BCUT2D eigenvalue weighted by atomic mass is 32.2. The molecule has 3 heterocycles. The Morgan fingerprint density at radius 1 is 1.21 bits per heavy atom. The number of nitrogens with zero attached hydrogens (tertiary/aromatic N) is 6. The molecule has 1 unspecified atom stereocenters. The van der Waals surface area contributed by atoms with E-state index in [0.29, 0.717) is 25.1 Å². The third-order valence-electron chi connectivity index (χ3n) is 5.10. The number of anilines is 1. The Hall–Kier alpha value is -3.16. The van der Waals surface area contributed by atoms with Gasteiger partial charge in [0.2, 0.25) is 0 Å². The molecule has 4 rings (SSSR count). The van der Waals surface area contributed by atoms with Crippen LogP contribution in [0.25, 0.3) is 0 Å². The summed E-state index contributed by atoms with van der Waals surface area (Å²) in [5, 5.41) is 9.38. The number of benzene rings is 1. The van der Waals surface area contributed by atoms with Crippen molar-refractivity contribution in [3.63, 3.8) is 0 Å². The molecule has 2 aromatic heterocycles. The zero-order chi connectivity index (χ0) is 20.6. The molecule has 29 heavy (non-hydrogen) atoms. The van der Waals surface area contributed by atoms with E-state index < -0.39 is 10.0 Å². The average Bonchev–Trinajstić information content (AvgIpc) is 3.29. The number of hydrogen-bond donors (Lipinski definition) is 1. The molecule has 0 amide bonds. The van der Waals surface area contributed by atoms with Gasteiger partial charge in [-0.15, -0.1) is 0 Å². The number of hydrogen-bond acceptors (Lipinski definition) is 6. The minimum atomic E-state index is -3.72. The van der Waals surface area contributed by atoms with Crippen molar-refractivity contribution in [3.05, 3.63) is 60.1 Å². The van der Waals surface area contributed by atoms with Crippen LogP contribution in [0.15, 0.2) is 48.3 Å². The molecule has 0 saturated carbocycles. The lowest BCUT2D eigenvalue weighted by Gasteiger charge is -2.36. The second-order valence-electron chi connectivity index (χ2n) is 7.20. The van der Waals surface area contributed by atoms with Gasteiger partial charge in [0.15, 0.2) is 5.03 Å². The van der Waals surface area contributed by atoms with E-state index in [2.05, 4.69) is 25.7 Å². The summed E-state index contributed by atoms with van der Waals surface area (Å²) in [5.41, 5.74) is 3.51. The van der Waals surface area contributed by atoms with Gasteiger partial charge in [0.05, 0.1) is 42.7 Å². The maximum Gasteiger partial charge on any atom is 0.258 e. The standard InChI is InChI=1S/C19H21N7O2S/c1-24-12-21-8-17(24)11-26-10-16(6-15-5-14(7-20)3-4-18(15)26)23-29(27,28)19-9-22-13-25(19)2/h3-5,8-9,12-13,16,23H,6,10-11H2,1-2H3. The summed E-state index contributed by atoms with van der Waals surface area (Å²) in [7, 11) is -0.148. The van der Waals surface area contributed by atoms with Gasteiger partial charge in [-0.25, -0.2) is 23.1 Å². The van der Waals surface area contributed by atoms with Gasteiger partial charge in [-0.05, 0) is 30.2 Å². The van der Waals surface area contributed by atoms with Crippen LogP contribution in [0.4, 0.5) is 5.69 Å². The molecule has 9 nitrogen and oxygen atoms in total. The van der Waals surface area contributed by atoms with Crippen LogP contribution < -0.4 is 9.62 Å². The SMILES string of the molecule is Cn1cncc1CN1CC(NS(=O)(=O)c2cncn2C)Cc2cc(C#N)ccc21. The van der Waals surface area contributed by atoms with Crippen LogP contribution in [0.5, 0.6) is 0 Å². The highest BCUT2D eigenvalue weighted by molar-refractivity contribution is 7.89. The summed E-state index contributed by atoms with van der Waals surface area (Å²) in [6, 6.07) is 7.36. The fourth-order valence-electron chi connectivity index (χ4n) is 3.67. The quantitative estimate of drug-likeness (QED) is 0.669. The first-order chi connectivity index (χ1) is 13.9. The molecule has 10 heteroatoms. The van der Waals surface area contributed by atoms with Gasteiger partial charge in [-0.3, -0.25) is 0 Å². The number of aromatic nitrogens is 4. The number of nitrogens with one attached hydrogen (secondary N) is 1. The van der Waals surface area contributed by atoms with Crippen LogP contribution in [-0.4, -0.2) is 40.1 Å². The first kappa shape index (κ1) is 19.2. The van der Waals surface area contributed by atoms with Crippen molar-refractivity contribution in [1.82, 2.24) is 23.8 Å². The summed E-state index contributed by atoms with van der Waals surface area (Å²) >= 11 is 0. The largest absolute Gasteiger partial charge is 0.364 e. The van der Waals surface area contributed by atoms with Crippen LogP contribution in [-0.2, 0) is 37.1 Å². The molecule has 0 aliphatic carbocycles. The van der Waals surface area contributed by atoms with E-state index in [1.54, 1.807) is 25.6 Å². The highest BCUT2D eigenvalue weighted by Gasteiger charge is 2.30. The number of nitriles is 1. The molecule has 0 fully saturated rings. The van der Waals surface area contributed by atoms with Gasteiger partial charge < -0.3 is 14.0 Å². The summed E-state index contributed by atoms with van der Waals surface area (Å²) in [6.07, 6.45) is 6.83. The third kappa shape index (κ3) is 3.74. The van der Waals surface area contributed by atoms with Crippen molar-refractivity contribution >= 4 is 15.7 Å². The van der Waals surface area contributed by atoms with E-state index in [4.69, 9.17) is 0 Å². The van der Waals surface area contributed by atoms with E-state index >= 15 is 0 Å². The second kappa shape index (κ2) is 7.35. The lowest BCUT2D eigenvalue weighted by molar-refractivity contribution is 0.517. The van der Waals surface area contributed by atoms with Crippen molar-refractivity contribution in [2.24, 2.45) is 14.1 Å². The predicted octanol–water partition coefficient (Wildman–Crippen LogP) is 0.935. The molecule has 1 atom stereocenters. The third-order valence-corrected chi connectivity index (χ3v) is 6.68. The smallest absolute Gasteiger partial charge is 0.258 e. The number of sulfonamides is 1. The van der Waals surface area contributed by atoms with Crippen molar-refractivity contribution in [2.75, 3.05) is 11.4 Å². The molecule has 0 saturated heterocycles. The maximum atomic E-state index is 12.8. The summed E-state index contributed by atoms with van der Waals surface area (Å²) < 4.78 is 31.9. The molecule has 1 N–H and O–H groups in total. The lowest BCUT2D eigenvalue weighted by atomic mass is 9.96. The van der Waals surface area contributed by atoms with Gasteiger partial charge in [0.25, 0.3) is 10.0 Å². The minimum absolute atomic E-state index is 0.118. The van der Waals surface area contributed by atoms with Crippen molar-refractivity contribution in [3.8, 4) is 6.07 Å². The van der Waals surface area contributed by atoms with Crippen LogP contribution in [0.2, 0.25) is 0 Å². The molecule has 1 aliphatic heterocycles. The molecular weight excluding hydrogens is 390 g/mol. The monoisotopic (exact) mass is 411 g/mol. The summed E-state index contributed by atoms with van der Waals surface area (Å²) in [6.45, 7) is 1.08. The minimum Gasteiger partial charge on any atom is -0.364 e. The zero-order valence-electron chi connectivity index (χ0n) is 16.1. The Bertz CT molecular complexity index is 1190. The number of aryl methyl sites for hydroxylation is 2. The van der Waals surface area contributed by atoms with Crippen LogP contribution in [0.3, 0.4) is 0 Å². The van der Waals surface area contributed by atoms with Gasteiger partial charge in [-0.1, -0.05) is 0 Å². The van der Waals surface area contributed by atoms with E-state index in [1.165, 1.54) is 17.1 Å². The fourth-order valence-corrected chi connectivity index (χ4v) is 5.01. The molecule has 150 valence electrons. The van der Waals surface area contributed by atoms with Crippen LogP contribution in [0, 0.1) is 11.3 Å². The first-order valence-electron chi connectivity index (χ1n) is 9.09. The highest BCUT2D eigenvalue weighted by Crippen LogP contribution is 2.30. The van der Waals surface area contributed by atoms with Gasteiger partial charge in [0.1, 0.15) is 0 Å². The lowest BCUT2D eigenvalue weighted by Crippen LogP contribution is -2.48. The van der Waals surface area contributed by atoms with Crippen molar-refractivity contribution in [2.45, 2.75) is 24.0 Å². The molecule has 0 radical (unpaired) electrons. The second-order valence-corrected chi connectivity index (χ2v) is 8.86. The molecule has 0 spiro atoms. The van der Waals surface area contributed by atoms with E-state index in [1.807, 2.05) is 23.7 Å². The Kier molecular flexibility index (Phi) is 4.86. The molecule has 1 aromatic carbocycles. The average molecular weight is 411 g/mol. The van der Waals surface area contributed by atoms with E-state index in [9.17, 15) is 13.7 Å². The Morgan fingerprint density at radius 2 is 1.97 bits per heavy atom. The predicted molar refractivity (Wildman–Crippen MR) is 106 cm³/mol. The van der Waals surface area contributed by atoms with Gasteiger partial charge >= 0.3 is 0 Å². The maximum absolute atomic E-state index is 12.8. The molecule has 0 bridgehead atoms. The van der Waals surface area contributed by atoms with Gasteiger partial charge in [-0.2, -0.15) is 5.26 Å². The van der Waals surface area contributed by atoms with E-state index in [0.717, 1.165) is 16.9 Å². The molecule has 1 aliphatic rings. The summed E-state index contributed by atoms with van der Waals surface area (Å²) in [4.78, 5) is 10.2. The van der Waals surface area contributed by atoms with Crippen molar-refractivity contribution in [1.29, 1.82) is 5.26 Å². The Morgan fingerprint density at radius 3 is 2.62 bits per heavy atom. The summed E-state index contributed by atoms with van der Waals surface area (Å²) in [5.74, 6) is 0. The van der Waals surface area contributed by atoms with Gasteiger partial charge in [0, 0.05) is 38.6 Å². The first-order valence-corrected chi connectivity index (χ1v) is 10.6.